The third-order valence-electron chi connectivity index (χ3n) is 3.98. The summed E-state index contributed by atoms with van der Waals surface area (Å²) in [6, 6.07) is 10.5. The summed E-state index contributed by atoms with van der Waals surface area (Å²) in [6.45, 7) is 5.81. The van der Waals surface area contributed by atoms with E-state index in [1.54, 1.807) is 0 Å². The molecule has 1 aliphatic rings. The molecule has 3 rings (SSSR count). The number of nitrogens with zero attached hydrogens (tertiary/aromatic N) is 1. The van der Waals surface area contributed by atoms with E-state index in [1.165, 1.54) is 5.56 Å². The fourth-order valence-electron chi connectivity index (χ4n) is 2.72. The number of benzene rings is 1. The van der Waals surface area contributed by atoms with Gasteiger partial charge in [-0.1, -0.05) is 49.3 Å². The highest BCUT2D eigenvalue weighted by Crippen LogP contribution is 2.41. The minimum absolute atomic E-state index is 0.0686. The molecule has 1 N–H and O–H groups in total. The number of nitrogens with one attached hydrogen (secondary N) is 1. The van der Waals surface area contributed by atoms with Gasteiger partial charge in [0, 0.05) is 17.9 Å². The van der Waals surface area contributed by atoms with Crippen molar-refractivity contribution in [1.29, 1.82) is 0 Å². The summed E-state index contributed by atoms with van der Waals surface area (Å²) in [6.07, 6.45) is 0.997. The van der Waals surface area contributed by atoms with Crippen molar-refractivity contribution in [2.24, 2.45) is 0 Å². The normalized spacial score (nSPS) is 20.6. The molecule has 1 aliphatic carbocycles. The Morgan fingerprint density at radius 3 is 2.71 bits per heavy atom. The van der Waals surface area contributed by atoms with Gasteiger partial charge in [-0.2, -0.15) is 0 Å². The third kappa shape index (κ3) is 2.71. The van der Waals surface area contributed by atoms with E-state index in [1.807, 2.05) is 39.0 Å². The molecule has 0 aliphatic heterocycles. The molecule has 1 amide bonds. The van der Waals surface area contributed by atoms with Gasteiger partial charge >= 0.3 is 0 Å². The molecule has 0 radical (unpaired) electrons. The quantitative estimate of drug-likeness (QED) is 0.936. The molecule has 0 bridgehead atoms. The van der Waals surface area contributed by atoms with Crippen LogP contribution < -0.4 is 5.32 Å². The summed E-state index contributed by atoms with van der Waals surface area (Å²) in [4.78, 5) is 12.5. The van der Waals surface area contributed by atoms with Crippen molar-refractivity contribution in [1.82, 2.24) is 10.5 Å². The molecule has 21 heavy (non-hydrogen) atoms. The highest BCUT2D eigenvalue weighted by Gasteiger charge is 2.40. The predicted octanol–water partition coefficient (Wildman–Crippen LogP) is 3.39. The van der Waals surface area contributed by atoms with Gasteiger partial charge in [-0.05, 0) is 18.9 Å². The van der Waals surface area contributed by atoms with Crippen LogP contribution in [0.2, 0.25) is 0 Å². The maximum atomic E-state index is 12.5. The Morgan fingerprint density at radius 2 is 2.05 bits per heavy atom. The van der Waals surface area contributed by atoms with Gasteiger partial charge < -0.3 is 9.84 Å². The Morgan fingerprint density at radius 1 is 1.33 bits per heavy atom. The van der Waals surface area contributed by atoms with Gasteiger partial charge in [0.2, 0.25) is 0 Å². The zero-order valence-corrected chi connectivity index (χ0v) is 12.6. The second-order valence-electron chi connectivity index (χ2n) is 5.99. The van der Waals surface area contributed by atoms with Gasteiger partial charge in [-0.15, -0.1) is 0 Å². The first-order valence-corrected chi connectivity index (χ1v) is 7.40. The van der Waals surface area contributed by atoms with E-state index >= 15 is 0 Å². The molecule has 4 heteroatoms. The number of amides is 1. The fourth-order valence-corrected chi connectivity index (χ4v) is 2.72. The van der Waals surface area contributed by atoms with E-state index in [9.17, 15) is 4.79 Å². The first-order chi connectivity index (χ1) is 10.1. The molecular weight excluding hydrogens is 264 g/mol. The molecule has 1 aromatic heterocycles. The summed E-state index contributed by atoms with van der Waals surface area (Å²) >= 11 is 0. The number of carbonyl (C=O) groups excluding carboxylic acids is 1. The predicted molar refractivity (Wildman–Crippen MR) is 80.4 cm³/mol. The van der Waals surface area contributed by atoms with Crippen molar-refractivity contribution in [3.05, 3.63) is 52.9 Å². The fraction of sp³-hybridized carbons (Fsp3) is 0.412. The molecule has 0 saturated heterocycles. The number of carbonyl (C=O) groups is 1. The Labute approximate surface area is 124 Å². The lowest BCUT2D eigenvalue weighted by molar-refractivity contribution is 0.0947. The van der Waals surface area contributed by atoms with E-state index < -0.39 is 0 Å². The maximum Gasteiger partial charge on any atom is 0.257 e. The molecular formula is C17H20N2O2. The van der Waals surface area contributed by atoms with E-state index in [0.29, 0.717) is 22.9 Å². The lowest BCUT2D eigenvalue weighted by Gasteiger charge is -2.07. The van der Waals surface area contributed by atoms with Gasteiger partial charge in [-0.3, -0.25) is 4.79 Å². The number of aromatic nitrogens is 1. The summed E-state index contributed by atoms with van der Waals surface area (Å²) in [5, 5.41) is 7.03. The van der Waals surface area contributed by atoms with Gasteiger partial charge in [0.1, 0.15) is 5.56 Å². The highest BCUT2D eigenvalue weighted by molar-refractivity contribution is 5.96. The summed E-state index contributed by atoms with van der Waals surface area (Å²) in [7, 11) is 0. The van der Waals surface area contributed by atoms with Crippen LogP contribution in [0.4, 0.5) is 0 Å². The molecule has 1 heterocycles. The van der Waals surface area contributed by atoms with E-state index in [-0.39, 0.29) is 17.9 Å². The topological polar surface area (TPSA) is 55.1 Å². The zero-order valence-electron chi connectivity index (χ0n) is 12.6. The number of hydrogen-bond donors (Lipinski definition) is 1. The minimum Gasteiger partial charge on any atom is -0.360 e. The summed E-state index contributed by atoms with van der Waals surface area (Å²) in [5.74, 6) is 1.18. The second-order valence-corrected chi connectivity index (χ2v) is 5.99. The van der Waals surface area contributed by atoms with Crippen molar-refractivity contribution in [3.8, 4) is 0 Å². The number of rotatable bonds is 4. The van der Waals surface area contributed by atoms with Gasteiger partial charge in [-0.25, -0.2) is 0 Å². The smallest absolute Gasteiger partial charge is 0.257 e. The molecule has 1 saturated carbocycles. The van der Waals surface area contributed by atoms with E-state index in [0.717, 1.165) is 6.42 Å². The van der Waals surface area contributed by atoms with Crippen LogP contribution in [0.5, 0.6) is 0 Å². The van der Waals surface area contributed by atoms with Crippen molar-refractivity contribution in [3.63, 3.8) is 0 Å². The monoisotopic (exact) mass is 284 g/mol. The third-order valence-corrected chi connectivity index (χ3v) is 3.98. The van der Waals surface area contributed by atoms with Gasteiger partial charge in [0.15, 0.2) is 5.76 Å². The SMILES string of the molecule is Cc1noc(C(C)C)c1C(=O)N[C@@H]1C[C@H]1c1ccccc1. The van der Waals surface area contributed by atoms with Crippen LogP contribution in [-0.2, 0) is 0 Å². The molecule has 1 fully saturated rings. The van der Waals surface area contributed by atoms with Crippen LogP contribution in [-0.4, -0.2) is 17.1 Å². The zero-order chi connectivity index (χ0) is 15.0. The molecule has 1 aromatic carbocycles. The largest absolute Gasteiger partial charge is 0.360 e. The summed E-state index contributed by atoms with van der Waals surface area (Å²) < 4.78 is 5.28. The lowest BCUT2D eigenvalue weighted by atomic mass is 10.0. The van der Waals surface area contributed by atoms with Crippen LogP contribution in [0.25, 0.3) is 0 Å². The van der Waals surface area contributed by atoms with Crippen LogP contribution in [0.15, 0.2) is 34.9 Å². The number of hydrogen-bond acceptors (Lipinski definition) is 3. The Bertz CT molecular complexity index is 646. The Hall–Kier alpha value is -2.10. The first-order valence-electron chi connectivity index (χ1n) is 7.40. The average Bonchev–Trinajstić information content (AvgIpc) is 3.11. The van der Waals surface area contributed by atoms with Gasteiger partial charge in [0.25, 0.3) is 5.91 Å². The van der Waals surface area contributed by atoms with Crippen molar-refractivity contribution < 1.29 is 9.32 Å². The highest BCUT2D eigenvalue weighted by atomic mass is 16.5. The van der Waals surface area contributed by atoms with Crippen molar-refractivity contribution in [2.75, 3.05) is 0 Å². The average molecular weight is 284 g/mol. The van der Waals surface area contributed by atoms with E-state index in [4.69, 9.17) is 4.52 Å². The van der Waals surface area contributed by atoms with Gasteiger partial charge in [0.05, 0.1) is 5.69 Å². The van der Waals surface area contributed by atoms with Crippen LogP contribution in [0.3, 0.4) is 0 Å². The molecule has 0 spiro atoms. The van der Waals surface area contributed by atoms with Crippen LogP contribution in [0, 0.1) is 6.92 Å². The second kappa shape index (κ2) is 5.35. The molecule has 2 atom stereocenters. The Balaban J connectivity index is 1.70. The lowest BCUT2D eigenvalue weighted by Crippen LogP contribution is -2.27. The summed E-state index contributed by atoms with van der Waals surface area (Å²) in [5.41, 5.74) is 2.55. The minimum atomic E-state index is -0.0686. The maximum absolute atomic E-state index is 12.5. The van der Waals surface area contributed by atoms with E-state index in [2.05, 4.69) is 22.6 Å². The van der Waals surface area contributed by atoms with Crippen LogP contribution in [0.1, 0.15) is 59.5 Å². The molecule has 2 aromatic rings. The molecule has 4 nitrogen and oxygen atoms in total. The van der Waals surface area contributed by atoms with Crippen molar-refractivity contribution in [2.45, 2.75) is 45.1 Å². The molecule has 110 valence electrons. The number of aryl methyl sites for hydroxylation is 1. The van der Waals surface area contributed by atoms with Crippen molar-refractivity contribution >= 4 is 5.91 Å². The standard InChI is InChI=1S/C17H20N2O2/c1-10(2)16-15(11(3)19-21-16)17(20)18-14-9-13(14)12-7-5-4-6-8-12/h4-8,10,13-14H,9H2,1-3H3,(H,18,20)/t13-,14+/m0/s1. The molecule has 0 unspecified atom stereocenters. The Kier molecular flexibility index (Phi) is 3.53. The van der Waals surface area contributed by atoms with Crippen LogP contribution >= 0.6 is 0 Å². The first kappa shape index (κ1) is 13.9.